The third kappa shape index (κ3) is 3.61. The molecule has 0 fully saturated rings. The van der Waals surface area contributed by atoms with Gasteiger partial charge in [-0.15, -0.1) is 0 Å². The SMILES string of the molecule is CC(C)Nc1nc(NC2CCc3ncccc3C2)ncc1C(N)=O. The molecule has 1 amide bonds. The number of primary amides is 1. The summed E-state index contributed by atoms with van der Waals surface area (Å²) in [5.41, 5.74) is 8.12. The van der Waals surface area contributed by atoms with Gasteiger partial charge in [-0.2, -0.15) is 4.98 Å². The number of aromatic nitrogens is 3. The fourth-order valence-electron chi connectivity index (χ4n) is 2.88. The first-order valence-electron chi connectivity index (χ1n) is 8.15. The van der Waals surface area contributed by atoms with Crippen molar-refractivity contribution in [2.24, 2.45) is 5.73 Å². The number of anilines is 2. The van der Waals surface area contributed by atoms with Crippen molar-refractivity contribution in [1.82, 2.24) is 15.0 Å². The summed E-state index contributed by atoms with van der Waals surface area (Å²) in [6.07, 6.45) is 6.10. The lowest BCUT2D eigenvalue weighted by Gasteiger charge is -2.25. The second-order valence-electron chi connectivity index (χ2n) is 6.31. The van der Waals surface area contributed by atoms with Crippen LogP contribution in [0.4, 0.5) is 11.8 Å². The summed E-state index contributed by atoms with van der Waals surface area (Å²) >= 11 is 0. The Morgan fingerprint density at radius 2 is 2.21 bits per heavy atom. The van der Waals surface area contributed by atoms with Crippen LogP contribution in [0.3, 0.4) is 0 Å². The number of hydrogen-bond donors (Lipinski definition) is 3. The quantitative estimate of drug-likeness (QED) is 0.773. The molecule has 0 aromatic carbocycles. The minimum Gasteiger partial charge on any atom is -0.367 e. The number of fused-ring (bicyclic) bond motifs is 1. The molecule has 4 N–H and O–H groups in total. The zero-order valence-corrected chi connectivity index (χ0v) is 13.9. The maximum Gasteiger partial charge on any atom is 0.254 e. The Labute approximate surface area is 141 Å². The zero-order valence-electron chi connectivity index (χ0n) is 13.9. The Kier molecular flexibility index (Phi) is 4.59. The van der Waals surface area contributed by atoms with Crippen molar-refractivity contribution in [3.05, 3.63) is 41.3 Å². The number of pyridine rings is 1. The van der Waals surface area contributed by atoms with E-state index in [0.29, 0.717) is 17.3 Å². The van der Waals surface area contributed by atoms with E-state index >= 15 is 0 Å². The van der Waals surface area contributed by atoms with Crippen LogP contribution in [-0.4, -0.2) is 32.9 Å². The Morgan fingerprint density at radius 3 is 2.96 bits per heavy atom. The van der Waals surface area contributed by atoms with Crippen LogP contribution in [0.2, 0.25) is 0 Å². The minimum absolute atomic E-state index is 0.137. The van der Waals surface area contributed by atoms with Crippen molar-refractivity contribution in [2.75, 3.05) is 10.6 Å². The fraction of sp³-hybridized carbons (Fsp3) is 0.412. The molecule has 0 bridgehead atoms. The van der Waals surface area contributed by atoms with Gasteiger partial charge in [0.2, 0.25) is 5.95 Å². The van der Waals surface area contributed by atoms with E-state index in [2.05, 4.69) is 31.7 Å². The van der Waals surface area contributed by atoms with E-state index in [1.54, 1.807) is 0 Å². The number of nitrogens with two attached hydrogens (primary N) is 1. The van der Waals surface area contributed by atoms with Crippen molar-refractivity contribution < 1.29 is 4.79 Å². The molecule has 3 rings (SSSR count). The molecule has 126 valence electrons. The van der Waals surface area contributed by atoms with E-state index in [1.165, 1.54) is 17.5 Å². The highest BCUT2D eigenvalue weighted by Crippen LogP contribution is 2.22. The Balaban J connectivity index is 1.77. The van der Waals surface area contributed by atoms with E-state index in [-0.39, 0.29) is 12.1 Å². The lowest BCUT2D eigenvalue weighted by molar-refractivity contribution is 0.100. The first kappa shape index (κ1) is 16.2. The van der Waals surface area contributed by atoms with Gasteiger partial charge in [0.1, 0.15) is 5.82 Å². The molecule has 24 heavy (non-hydrogen) atoms. The molecule has 2 aromatic rings. The van der Waals surface area contributed by atoms with E-state index < -0.39 is 5.91 Å². The van der Waals surface area contributed by atoms with Gasteiger partial charge in [-0.05, 0) is 44.7 Å². The minimum atomic E-state index is -0.539. The van der Waals surface area contributed by atoms with Crippen molar-refractivity contribution in [1.29, 1.82) is 0 Å². The number of nitrogens with one attached hydrogen (secondary N) is 2. The van der Waals surface area contributed by atoms with Gasteiger partial charge in [0.25, 0.3) is 5.91 Å². The Morgan fingerprint density at radius 1 is 1.38 bits per heavy atom. The maximum absolute atomic E-state index is 11.5. The topological polar surface area (TPSA) is 106 Å². The number of nitrogens with zero attached hydrogens (tertiary/aromatic N) is 3. The average Bonchev–Trinajstić information content (AvgIpc) is 2.54. The second kappa shape index (κ2) is 6.82. The van der Waals surface area contributed by atoms with E-state index in [0.717, 1.165) is 19.3 Å². The predicted molar refractivity (Wildman–Crippen MR) is 93.0 cm³/mol. The molecular weight excluding hydrogens is 304 g/mol. The molecule has 1 atom stereocenters. The van der Waals surface area contributed by atoms with Gasteiger partial charge in [0.15, 0.2) is 0 Å². The van der Waals surface area contributed by atoms with Gasteiger partial charge in [0.05, 0.1) is 5.56 Å². The summed E-state index contributed by atoms with van der Waals surface area (Å²) < 4.78 is 0. The number of hydrogen-bond acceptors (Lipinski definition) is 6. The number of carbonyl (C=O) groups is 1. The standard InChI is InChI=1S/C17H22N6O/c1-10(2)21-16-13(15(18)24)9-20-17(23-16)22-12-5-6-14-11(8-12)4-3-7-19-14/h3-4,7,9-10,12H,5-6,8H2,1-2H3,(H2,18,24)(H2,20,21,22,23). The lowest BCUT2D eigenvalue weighted by Crippen LogP contribution is -2.29. The second-order valence-corrected chi connectivity index (χ2v) is 6.31. The molecule has 1 aliphatic carbocycles. The summed E-state index contributed by atoms with van der Waals surface area (Å²) in [6, 6.07) is 4.45. The Bertz CT molecular complexity index is 746. The van der Waals surface area contributed by atoms with Gasteiger partial charge in [0, 0.05) is 30.2 Å². The van der Waals surface area contributed by atoms with Gasteiger partial charge in [-0.3, -0.25) is 9.78 Å². The van der Waals surface area contributed by atoms with E-state index in [4.69, 9.17) is 5.73 Å². The van der Waals surface area contributed by atoms with Gasteiger partial charge in [-0.1, -0.05) is 6.07 Å². The summed E-state index contributed by atoms with van der Waals surface area (Å²) in [6.45, 7) is 3.95. The lowest BCUT2D eigenvalue weighted by atomic mass is 9.92. The molecule has 2 aromatic heterocycles. The van der Waals surface area contributed by atoms with Crippen molar-refractivity contribution in [3.8, 4) is 0 Å². The molecule has 7 nitrogen and oxygen atoms in total. The largest absolute Gasteiger partial charge is 0.367 e. The van der Waals surface area contributed by atoms with Crippen LogP contribution in [0.5, 0.6) is 0 Å². The van der Waals surface area contributed by atoms with E-state index in [9.17, 15) is 4.79 Å². The molecule has 0 spiro atoms. The van der Waals surface area contributed by atoms with Crippen LogP contribution in [0.25, 0.3) is 0 Å². The molecule has 1 unspecified atom stereocenters. The van der Waals surface area contributed by atoms with Crippen LogP contribution in [0, 0.1) is 0 Å². The molecule has 0 aliphatic heterocycles. The summed E-state index contributed by atoms with van der Waals surface area (Å²) in [5, 5.41) is 6.51. The summed E-state index contributed by atoms with van der Waals surface area (Å²) in [4.78, 5) is 24.6. The number of rotatable bonds is 5. The van der Waals surface area contributed by atoms with Crippen LogP contribution >= 0.6 is 0 Å². The van der Waals surface area contributed by atoms with Gasteiger partial charge < -0.3 is 16.4 Å². The monoisotopic (exact) mass is 326 g/mol. The first-order valence-corrected chi connectivity index (χ1v) is 8.15. The normalized spacial score (nSPS) is 16.5. The van der Waals surface area contributed by atoms with Crippen molar-refractivity contribution >= 4 is 17.7 Å². The third-order valence-electron chi connectivity index (χ3n) is 3.99. The maximum atomic E-state index is 11.5. The predicted octanol–water partition coefficient (Wildman–Crippen LogP) is 1.76. The zero-order chi connectivity index (χ0) is 17.1. The Hall–Kier alpha value is -2.70. The van der Waals surface area contributed by atoms with Gasteiger partial charge in [-0.25, -0.2) is 4.98 Å². The fourth-order valence-corrected chi connectivity index (χ4v) is 2.88. The van der Waals surface area contributed by atoms with Crippen LogP contribution in [-0.2, 0) is 12.8 Å². The number of carbonyl (C=O) groups excluding carboxylic acids is 1. The molecule has 0 saturated heterocycles. The summed E-state index contributed by atoms with van der Waals surface area (Å²) in [5.74, 6) is 0.427. The average molecular weight is 326 g/mol. The molecule has 2 heterocycles. The van der Waals surface area contributed by atoms with Crippen molar-refractivity contribution in [2.45, 2.75) is 45.2 Å². The van der Waals surface area contributed by atoms with Crippen LogP contribution in [0.1, 0.15) is 41.9 Å². The summed E-state index contributed by atoms with van der Waals surface area (Å²) in [7, 11) is 0. The highest BCUT2D eigenvalue weighted by Gasteiger charge is 2.20. The van der Waals surface area contributed by atoms with E-state index in [1.807, 2.05) is 26.1 Å². The third-order valence-corrected chi connectivity index (χ3v) is 3.99. The smallest absolute Gasteiger partial charge is 0.254 e. The highest BCUT2D eigenvalue weighted by atomic mass is 16.1. The first-order chi connectivity index (χ1) is 11.5. The molecule has 0 radical (unpaired) electrons. The van der Waals surface area contributed by atoms with Crippen molar-refractivity contribution in [3.63, 3.8) is 0 Å². The molecule has 1 aliphatic rings. The molecule has 0 saturated carbocycles. The number of amides is 1. The van der Waals surface area contributed by atoms with Crippen LogP contribution in [0.15, 0.2) is 24.5 Å². The van der Waals surface area contributed by atoms with Gasteiger partial charge >= 0.3 is 0 Å². The molecular formula is C17H22N6O. The van der Waals surface area contributed by atoms with Crippen LogP contribution < -0.4 is 16.4 Å². The number of aryl methyl sites for hydroxylation is 1. The molecule has 7 heteroatoms. The highest BCUT2D eigenvalue weighted by molar-refractivity contribution is 5.97.